The number of rotatable bonds is 4. The minimum Gasteiger partial charge on any atom is -0.364 e. The van der Waals surface area contributed by atoms with Gasteiger partial charge in [0, 0.05) is 18.8 Å². The Morgan fingerprint density at radius 3 is 2.05 bits per heavy atom. The number of likely N-dealkylation sites (N-methyl/N-ethyl adjacent to an activating group) is 1. The van der Waals surface area contributed by atoms with Crippen molar-refractivity contribution in [2.45, 2.75) is 32.2 Å². The van der Waals surface area contributed by atoms with Crippen molar-refractivity contribution in [2.75, 3.05) is 18.0 Å². The van der Waals surface area contributed by atoms with E-state index in [9.17, 15) is 0 Å². The molecule has 0 spiro atoms. The quantitative estimate of drug-likeness (QED) is 0.931. The minimum atomic E-state index is 0.0215. The van der Waals surface area contributed by atoms with Crippen LogP contribution < -0.4 is 10.6 Å². The molecular weight excluding hydrogens is 256 g/mol. The summed E-state index contributed by atoms with van der Waals surface area (Å²) in [7, 11) is 0. The van der Waals surface area contributed by atoms with Crippen LogP contribution in [0.1, 0.15) is 23.6 Å². The van der Waals surface area contributed by atoms with Crippen LogP contribution in [-0.2, 0) is 12.8 Å². The minimum absolute atomic E-state index is 0.0215. The maximum absolute atomic E-state index is 6.25. The summed E-state index contributed by atoms with van der Waals surface area (Å²) in [6.45, 7) is 6.02. The summed E-state index contributed by atoms with van der Waals surface area (Å²) < 4.78 is 0. The predicted octanol–water partition coefficient (Wildman–Crippen LogP) is 3.32. The molecule has 0 heterocycles. The highest BCUT2D eigenvalue weighted by Crippen LogP contribution is 2.36. The standard InChI is InChI=1S/C19H24N2/c1-3-21(18-10-8-15(2)9-11-18)19(14-20)12-16-6-4-5-7-17(16)13-19/h4-11H,3,12-14,20H2,1-2H3. The van der Waals surface area contributed by atoms with E-state index in [1.54, 1.807) is 0 Å². The van der Waals surface area contributed by atoms with E-state index in [1.807, 2.05) is 0 Å². The lowest BCUT2D eigenvalue weighted by Gasteiger charge is -2.42. The van der Waals surface area contributed by atoms with Gasteiger partial charge in [0.2, 0.25) is 0 Å². The molecule has 21 heavy (non-hydrogen) atoms. The predicted molar refractivity (Wildman–Crippen MR) is 89.8 cm³/mol. The van der Waals surface area contributed by atoms with Crippen molar-refractivity contribution < 1.29 is 0 Å². The van der Waals surface area contributed by atoms with Crippen LogP contribution in [0.4, 0.5) is 5.69 Å². The van der Waals surface area contributed by atoms with E-state index in [0.29, 0.717) is 6.54 Å². The largest absolute Gasteiger partial charge is 0.364 e. The van der Waals surface area contributed by atoms with Gasteiger partial charge in [-0.25, -0.2) is 0 Å². The molecule has 2 aromatic rings. The first-order valence-corrected chi connectivity index (χ1v) is 7.80. The Bertz CT molecular complexity index is 591. The SMILES string of the molecule is CCN(c1ccc(C)cc1)C1(CN)Cc2ccccc2C1. The molecule has 0 amide bonds. The summed E-state index contributed by atoms with van der Waals surface area (Å²) >= 11 is 0. The average molecular weight is 280 g/mol. The fourth-order valence-corrected chi connectivity index (χ4v) is 3.64. The number of nitrogens with zero attached hydrogens (tertiary/aromatic N) is 1. The zero-order chi connectivity index (χ0) is 14.9. The van der Waals surface area contributed by atoms with Gasteiger partial charge in [-0.2, -0.15) is 0 Å². The van der Waals surface area contributed by atoms with Gasteiger partial charge < -0.3 is 10.6 Å². The Kier molecular flexibility index (Phi) is 3.73. The highest BCUT2D eigenvalue weighted by Gasteiger charge is 2.40. The highest BCUT2D eigenvalue weighted by molar-refractivity contribution is 5.53. The van der Waals surface area contributed by atoms with Gasteiger partial charge in [-0.15, -0.1) is 0 Å². The molecule has 2 aromatic carbocycles. The van der Waals surface area contributed by atoms with Crippen LogP contribution >= 0.6 is 0 Å². The van der Waals surface area contributed by atoms with E-state index in [2.05, 4.69) is 67.3 Å². The van der Waals surface area contributed by atoms with Gasteiger partial charge in [-0.05, 0) is 49.9 Å². The second kappa shape index (κ2) is 5.53. The molecule has 0 saturated carbocycles. The van der Waals surface area contributed by atoms with Crippen molar-refractivity contribution in [3.8, 4) is 0 Å². The van der Waals surface area contributed by atoms with Crippen molar-refractivity contribution in [1.29, 1.82) is 0 Å². The summed E-state index contributed by atoms with van der Waals surface area (Å²) in [4.78, 5) is 2.49. The Morgan fingerprint density at radius 2 is 1.57 bits per heavy atom. The van der Waals surface area contributed by atoms with Crippen molar-refractivity contribution >= 4 is 5.69 Å². The normalized spacial score (nSPS) is 15.8. The molecule has 0 saturated heterocycles. The summed E-state index contributed by atoms with van der Waals surface area (Å²) in [5.74, 6) is 0. The molecule has 1 aliphatic rings. The first-order chi connectivity index (χ1) is 10.2. The maximum atomic E-state index is 6.25. The second-order valence-corrected chi connectivity index (χ2v) is 6.13. The molecule has 0 unspecified atom stereocenters. The molecule has 3 rings (SSSR count). The van der Waals surface area contributed by atoms with E-state index in [-0.39, 0.29) is 5.54 Å². The van der Waals surface area contributed by atoms with Crippen LogP contribution in [0.2, 0.25) is 0 Å². The fraction of sp³-hybridized carbons (Fsp3) is 0.368. The molecule has 110 valence electrons. The van der Waals surface area contributed by atoms with E-state index < -0.39 is 0 Å². The number of anilines is 1. The average Bonchev–Trinajstić information content (AvgIpc) is 2.89. The molecule has 0 aromatic heterocycles. The fourth-order valence-electron chi connectivity index (χ4n) is 3.64. The number of hydrogen-bond acceptors (Lipinski definition) is 2. The third kappa shape index (κ3) is 2.44. The van der Waals surface area contributed by atoms with Gasteiger partial charge in [-0.3, -0.25) is 0 Å². The van der Waals surface area contributed by atoms with E-state index >= 15 is 0 Å². The molecule has 0 aliphatic heterocycles. The third-order valence-electron chi connectivity index (χ3n) is 4.77. The van der Waals surface area contributed by atoms with Gasteiger partial charge in [0.15, 0.2) is 0 Å². The third-order valence-corrected chi connectivity index (χ3v) is 4.77. The zero-order valence-electron chi connectivity index (χ0n) is 13.0. The Balaban J connectivity index is 1.97. The number of fused-ring (bicyclic) bond motifs is 1. The van der Waals surface area contributed by atoms with E-state index in [0.717, 1.165) is 19.4 Å². The molecule has 2 heteroatoms. The maximum Gasteiger partial charge on any atom is 0.0604 e. The Hall–Kier alpha value is -1.80. The highest BCUT2D eigenvalue weighted by atomic mass is 15.2. The summed E-state index contributed by atoms with van der Waals surface area (Å²) in [5, 5.41) is 0. The van der Waals surface area contributed by atoms with Crippen LogP contribution in [0.25, 0.3) is 0 Å². The molecule has 1 aliphatic carbocycles. The first-order valence-electron chi connectivity index (χ1n) is 7.80. The van der Waals surface area contributed by atoms with Gasteiger partial charge in [0.25, 0.3) is 0 Å². The molecule has 2 N–H and O–H groups in total. The second-order valence-electron chi connectivity index (χ2n) is 6.13. The monoisotopic (exact) mass is 280 g/mol. The van der Waals surface area contributed by atoms with Crippen molar-refractivity contribution in [3.05, 3.63) is 65.2 Å². The van der Waals surface area contributed by atoms with Crippen molar-refractivity contribution in [2.24, 2.45) is 5.73 Å². The molecule has 2 nitrogen and oxygen atoms in total. The van der Waals surface area contributed by atoms with Crippen LogP contribution in [0.15, 0.2) is 48.5 Å². The lowest BCUT2D eigenvalue weighted by Crippen LogP contribution is -2.55. The summed E-state index contributed by atoms with van der Waals surface area (Å²) in [6.07, 6.45) is 2.09. The van der Waals surface area contributed by atoms with Crippen LogP contribution in [0.5, 0.6) is 0 Å². The van der Waals surface area contributed by atoms with Gasteiger partial charge in [-0.1, -0.05) is 42.0 Å². The van der Waals surface area contributed by atoms with Crippen molar-refractivity contribution in [1.82, 2.24) is 0 Å². The smallest absolute Gasteiger partial charge is 0.0604 e. The van der Waals surface area contributed by atoms with Crippen LogP contribution in [0.3, 0.4) is 0 Å². The van der Waals surface area contributed by atoms with Crippen molar-refractivity contribution in [3.63, 3.8) is 0 Å². The Morgan fingerprint density at radius 1 is 1.00 bits per heavy atom. The lowest BCUT2D eigenvalue weighted by atomic mass is 9.92. The number of benzene rings is 2. The number of nitrogens with two attached hydrogens (primary N) is 1. The molecule has 0 fully saturated rings. The van der Waals surface area contributed by atoms with Crippen LogP contribution in [-0.4, -0.2) is 18.6 Å². The molecule has 0 bridgehead atoms. The molecule has 0 radical (unpaired) electrons. The van der Waals surface area contributed by atoms with Gasteiger partial charge in [0.05, 0.1) is 5.54 Å². The molecular formula is C19H24N2. The van der Waals surface area contributed by atoms with E-state index in [1.165, 1.54) is 22.4 Å². The lowest BCUT2D eigenvalue weighted by molar-refractivity contribution is 0.417. The first kappa shape index (κ1) is 14.2. The van der Waals surface area contributed by atoms with Gasteiger partial charge >= 0.3 is 0 Å². The topological polar surface area (TPSA) is 29.3 Å². The van der Waals surface area contributed by atoms with Crippen LogP contribution in [0, 0.1) is 6.92 Å². The Labute approximate surface area is 127 Å². The van der Waals surface area contributed by atoms with Gasteiger partial charge in [0.1, 0.15) is 0 Å². The number of aryl methyl sites for hydroxylation is 1. The number of hydrogen-bond donors (Lipinski definition) is 1. The summed E-state index contributed by atoms with van der Waals surface area (Å²) in [5.41, 5.74) is 11.8. The summed E-state index contributed by atoms with van der Waals surface area (Å²) in [6, 6.07) is 17.6. The van der Waals surface area contributed by atoms with E-state index in [4.69, 9.17) is 5.73 Å². The zero-order valence-corrected chi connectivity index (χ0v) is 13.0. The molecule has 0 atom stereocenters.